The van der Waals surface area contributed by atoms with Gasteiger partial charge in [-0.15, -0.1) is 11.3 Å². The van der Waals surface area contributed by atoms with E-state index in [0.717, 1.165) is 35.8 Å². The summed E-state index contributed by atoms with van der Waals surface area (Å²) in [6, 6.07) is 0. The first-order valence-corrected chi connectivity index (χ1v) is 6.82. The maximum atomic E-state index is 9.47. The molecule has 0 spiro atoms. The van der Waals surface area contributed by atoms with Crippen LogP contribution in [0.4, 0.5) is 5.13 Å². The first-order valence-electron chi connectivity index (χ1n) is 5.94. The van der Waals surface area contributed by atoms with Gasteiger partial charge in [0.1, 0.15) is 0 Å². The molecule has 3 unspecified atom stereocenters. The predicted molar refractivity (Wildman–Crippen MR) is 67.9 cm³/mol. The number of anilines is 1. The Hall–Kier alpha value is -0.610. The summed E-state index contributed by atoms with van der Waals surface area (Å²) >= 11 is 1.64. The van der Waals surface area contributed by atoms with Crippen molar-refractivity contribution in [3.63, 3.8) is 0 Å². The molecule has 1 N–H and O–H groups in total. The smallest absolute Gasteiger partial charge is 0.185 e. The van der Waals surface area contributed by atoms with Crippen molar-refractivity contribution in [2.75, 3.05) is 18.0 Å². The van der Waals surface area contributed by atoms with E-state index in [9.17, 15) is 5.11 Å². The minimum absolute atomic E-state index is 0.454. The maximum Gasteiger partial charge on any atom is 0.185 e. The van der Waals surface area contributed by atoms with Crippen molar-refractivity contribution in [1.82, 2.24) is 4.98 Å². The fraction of sp³-hybridized carbons (Fsp3) is 0.750. The summed E-state index contributed by atoms with van der Waals surface area (Å²) in [6.07, 6.45) is 0.857. The molecule has 2 rings (SSSR count). The van der Waals surface area contributed by atoms with Crippen LogP contribution in [0.15, 0.2) is 5.38 Å². The highest BCUT2D eigenvalue weighted by molar-refractivity contribution is 7.13. The Labute approximate surface area is 101 Å². The molecule has 1 aromatic heterocycles. The number of hydrogen-bond acceptors (Lipinski definition) is 4. The number of aromatic nitrogens is 1. The largest absolute Gasteiger partial charge is 0.387 e. The highest BCUT2D eigenvalue weighted by Gasteiger charge is 2.24. The molecule has 1 fully saturated rings. The lowest BCUT2D eigenvalue weighted by molar-refractivity contribution is 0.195. The topological polar surface area (TPSA) is 36.4 Å². The average molecular weight is 240 g/mol. The lowest BCUT2D eigenvalue weighted by Crippen LogP contribution is -2.38. The van der Waals surface area contributed by atoms with Crippen LogP contribution < -0.4 is 4.90 Å². The van der Waals surface area contributed by atoms with Crippen LogP contribution in [0.3, 0.4) is 0 Å². The van der Waals surface area contributed by atoms with Crippen molar-refractivity contribution in [2.45, 2.75) is 33.3 Å². The second-order valence-electron chi connectivity index (χ2n) is 5.08. The van der Waals surface area contributed by atoms with Gasteiger partial charge in [0.15, 0.2) is 5.13 Å². The third-order valence-corrected chi connectivity index (χ3v) is 4.00. The van der Waals surface area contributed by atoms with Crippen molar-refractivity contribution < 1.29 is 5.11 Å². The molecule has 0 saturated carbocycles. The summed E-state index contributed by atoms with van der Waals surface area (Å²) in [5, 5.41) is 12.5. The Morgan fingerprint density at radius 2 is 2.06 bits per heavy atom. The van der Waals surface area contributed by atoms with E-state index in [1.807, 2.05) is 5.38 Å². The number of aliphatic hydroxyl groups excluding tert-OH is 1. The second kappa shape index (κ2) is 4.72. The van der Waals surface area contributed by atoms with Crippen molar-refractivity contribution in [3.8, 4) is 0 Å². The standard InChI is InChI=1S/C12H20N2OS/c1-8-4-9(2)6-14(5-8)12-13-11(7-16-12)10(3)15/h7-10,15H,4-6H2,1-3H3. The number of hydrogen-bond donors (Lipinski definition) is 1. The molecule has 0 radical (unpaired) electrons. The molecular formula is C12H20N2OS. The Kier molecular flexibility index (Phi) is 3.50. The molecule has 1 aliphatic rings. The van der Waals surface area contributed by atoms with Gasteiger partial charge in [-0.05, 0) is 25.2 Å². The first kappa shape index (κ1) is 11.9. The Morgan fingerprint density at radius 3 is 2.56 bits per heavy atom. The summed E-state index contributed by atoms with van der Waals surface area (Å²) in [5.41, 5.74) is 0.797. The van der Waals surface area contributed by atoms with Gasteiger partial charge >= 0.3 is 0 Å². The molecule has 1 saturated heterocycles. The van der Waals surface area contributed by atoms with Gasteiger partial charge in [-0.3, -0.25) is 0 Å². The van der Waals surface area contributed by atoms with E-state index in [1.165, 1.54) is 6.42 Å². The lowest BCUT2D eigenvalue weighted by atomic mass is 9.92. The van der Waals surface area contributed by atoms with E-state index in [1.54, 1.807) is 18.3 Å². The summed E-state index contributed by atoms with van der Waals surface area (Å²) in [6.45, 7) is 8.55. The van der Waals surface area contributed by atoms with E-state index in [-0.39, 0.29) is 0 Å². The van der Waals surface area contributed by atoms with Gasteiger partial charge in [0.05, 0.1) is 11.8 Å². The molecule has 1 aromatic rings. The highest BCUT2D eigenvalue weighted by atomic mass is 32.1. The normalized spacial score (nSPS) is 28.1. The van der Waals surface area contributed by atoms with Gasteiger partial charge in [-0.2, -0.15) is 0 Å². The van der Waals surface area contributed by atoms with Crippen LogP contribution in [-0.2, 0) is 0 Å². The zero-order valence-corrected chi connectivity index (χ0v) is 11.0. The summed E-state index contributed by atoms with van der Waals surface area (Å²) < 4.78 is 0. The molecule has 0 amide bonds. The maximum absolute atomic E-state index is 9.47. The van der Waals surface area contributed by atoms with Crippen LogP contribution in [0.1, 0.15) is 39.0 Å². The van der Waals surface area contributed by atoms with Gasteiger partial charge in [0.2, 0.25) is 0 Å². The molecule has 16 heavy (non-hydrogen) atoms. The van der Waals surface area contributed by atoms with E-state index < -0.39 is 6.10 Å². The number of nitrogens with zero attached hydrogens (tertiary/aromatic N) is 2. The average Bonchev–Trinajstić information content (AvgIpc) is 2.64. The third-order valence-electron chi connectivity index (χ3n) is 3.08. The molecule has 2 heterocycles. The summed E-state index contributed by atoms with van der Waals surface area (Å²) in [7, 11) is 0. The van der Waals surface area contributed by atoms with Crippen LogP contribution in [0.25, 0.3) is 0 Å². The van der Waals surface area contributed by atoms with Gasteiger partial charge in [0.25, 0.3) is 0 Å². The van der Waals surface area contributed by atoms with Crippen LogP contribution in [0.2, 0.25) is 0 Å². The number of thiazole rings is 1. The molecule has 3 atom stereocenters. The van der Waals surface area contributed by atoms with Crippen LogP contribution in [0.5, 0.6) is 0 Å². The van der Waals surface area contributed by atoms with Gasteiger partial charge < -0.3 is 10.0 Å². The van der Waals surface area contributed by atoms with Crippen molar-refractivity contribution in [2.24, 2.45) is 11.8 Å². The minimum atomic E-state index is -0.454. The quantitative estimate of drug-likeness (QED) is 0.863. The zero-order valence-electron chi connectivity index (χ0n) is 10.2. The lowest BCUT2D eigenvalue weighted by Gasteiger charge is -2.34. The number of piperidine rings is 1. The summed E-state index contributed by atoms with van der Waals surface area (Å²) in [4.78, 5) is 6.85. The molecular weight excluding hydrogens is 220 g/mol. The molecule has 3 nitrogen and oxygen atoms in total. The molecule has 0 bridgehead atoms. The predicted octanol–water partition coefficient (Wildman–Crippen LogP) is 2.68. The van der Waals surface area contributed by atoms with Crippen molar-refractivity contribution in [1.29, 1.82) is 0 Å². The van der Waals surface area contributed by atoms with Crippen molar-refractivity contribution >= 4 is 16.5 Å². The van der Waals surface area contributed by atoms with E-state index >= 15 is 0 Å². The van der Waals surface area contributed by atoms with E-state index in [4.69, 9.17) is 0 Å². The minimum Gasteiger partial charge on any atom is -0.387 e. The monoisotopic (exact) mass is 240 g/mol. The fourth-order valence-electron chi connectivity index (χ4n) is 2.43. The van der Waals surface area contributed by atoms with E-state index in [2.05, 4.69) is 23.7 Å². The highest BCUT2D eigenvalue weighted by Crippen LogP contribution is 2.29. The van der Waals surface area contributed by atoms with Crippen LogP contribution >= 0.6 is 11.3 Å². The van der Waals surface area contributed by atoms with E-state index in [0.29, 0.717) is 0 Å². The van der Waals surface area contributed by atoms with Gasteiger partial charge in [-0.25, -0.2) is 4.98 Å². The molecule has 4 heteroatoms. The summed E-state index contributed by atoms with van der Waals surface area (Å²) in [5.74, 6) is 1.48. The second-order valence-corrected chi connectivity index (χ2v) is 5.92. The van der Waals surface area contributed by atoms with Crippen LogP contribution in [0, 0.1) is 11.8 Å². The Bertz CT molecular complexity index is 341. The Balaban J connectivity index is 2.10. The fourth-order valence-corrected chi connectivity index (χ4v) is 3.36. The van der Waals surface area contributed by atoms with Crippen LogP contribution in [-0.4, -0.2) is 23.2 Å². The number of aliphatic hydroxyl groups is 1. The first-order chi connectivity index (χ1) is 7.56. The molecule has 90 valence electrons. The molecule has 0 aliphatic carbocycles. The Morgan fingerprint density at radius 1 is 1.44 bits per heavy atom. The molecule has 0 aromatic carbocycles. The van der Waals surface area contributed by atoms with Crippen molar-refractivity contribution in [3.05, 3.63) is 11.1 Å². The van der Waals surface area contributed by atoms with Gasteiger partial charge in [-0.1, -0.05) is 13.8 Å². The third kappa shape index (κ3) is 2.55. The molecule has 1 aliphatic heterocycles. The van der Waals surface area contributed by atoms with Gasteiger partial charge in [0, 0.05) is 18.5 Å². The number of rotatable bonds is 2. The zero-order chi connectivity index (χ0) is 11.7. The SMILES string of the molecule is CC1CC(C)CN(c2nc(C(C)O)cs2)C1.